The van der Waals surface area contributed by atoms with Crippen molar-refractivity contribution < 1.29 is 5.11 Å². The maximum atomic E-state index is 9.63. The lowest BCUT2D eigenvalue weighted by Gasteiger charge is -2.49. The Hall–Kier alpha value is -0.420. The van der Waals surface area contributed by atoms with E-state index in [2.05, 4.69) is 27.7 Å². The van der Waals surface area contributed by atoms with E-state index in [4.69, 9.17) is 0 Å². The number of hydrogen-bond acceptors (Lipinski definition) is 4. The summed E-state index contributed by atoms with van der Waals surface area (Å²) in [6.45, 7) is 5.96. The molecule has 0 bridgehead atoms. The molecular formula is C15H24N2OS. The van der Waals surface area contributed by atoms with Crippen LogP contribution in [-0.4, -0.2) is 42.8 Å². The maximum Gasteiger partial charge on any atom is 0.0476 e. The molecule has 2 N–H and O–H groups in total. The molecule has 2 fully saturated rings. The van der Waals surface area contributed by atoms with Crippen molar-refractivity contribution in [3.8, 4) is 0 Å². The first-order valence-corrected chi connectivity index (χ1v) is 8.27. The summed E-state index contributed by atoms with van der Waals surface area (Å²) in [7, 11) is 0. The van der Waals surface area contributed by atoms with E-state index in [0.717, 1.165) is 19.6 Å². The number of nitrogens with zero attached hydrogens (tertiary/aromatic N) is 1. The SMILES string of the molecule is OCC1CNCCC12CCN(Cc1cccs1)CC2. The molecular weight excluding hydrogens is 256 g/mol. The molecule has 1 aromatic heterocycles. The first-order chi connectivity index (χ1) is 9.32. The normalized spacial score (nSPS) is 27.7. The monoisotopic (exact) mass is 280 g/mol. The fourth-order valence-electron chi connectivity index (χ4n) is 3.73. The molecule has 2 aliphatic rings. The average molecular weight is 280 g/mol. The first kappa shape index (κ1) is 13.6. The number of piperidine rings is 2. The Balaban J connectivity index is 1.58. The standard InChI is InChI=1S/C15H24N2OS/c18-12-13-10-16-6-3-15(13)4-7-17(8-5-15)11-14-2-1-9-19-14/h1-2,9,13,16,18H,3-8,10-12H2. The van der Waals surface area contributed by atoms with Gasteiger partial charge in [0.25, 0.3) is 0 Å². The number of aliphatic hydroxyl groups is 1. The molecule has 3 nitrogen and oxygen atoms in total. The summed E-state index contributed by atoms with van der Waals surface area (Å²) in [4.78, 5) is 4.05. The minimum absolute atomic E-state index is 0.345. The number of nitrogens with one attached hydrogen (secondary N) is 1. The second-order valence-electron chi connectivity index (χ2n) is 6.05. The number of thiophene rings is 1. The van der Waals surface area contributed by atoms with Crippen LogP contribution >= 0.6 is 11.3 Å². The molecule has 2 saturated heterocycles. The molecule has 3 heterocycles. The van der Waals surface area contributed by atoms with E-state index in [1.165, 1.54) is 37.2 Å². The highest BCUT2D eigenvalue weighted by atomic mass is 32.1. The third kappa shape index (κ3) is 2.87. The Morgan fingerprint density at radius 3 is 2.89 bits per heavy atom. The molecule has 1 unspecified atom stereocenters. The molecule has 4 heteroatoms. The molecule has 2 aliphatic heterocycles. The Bertz CT molecular complexity index is 385. The largest absolute Gasteiger partial charge is 0.396 e. The summed E-state index contributed by atoms with van der Waals surface area (Å²) in [5.74, 6) is 0.463. The molecule has 0 saturated carbocycles. The van der Waals surface area contributed by atoms with Crippen molar-refractivity contribution in [1.82, 2.24) is 10.2 Å². The van der Waals surface area contributed by atoms with Gasteiger partial charge in [0.15, 0.2) is 0 Å². The molecule has 1 aromatic rings. The van der Waals surface area contributed by atoms with Gasteiger partial charge in [-0.05, 0) is 55.8 Å². The van der Waals surface area contributed by atoms with E-state index in [-0.39, 0.29) is 0 Å². The van der Waals surface area contributed by atoms with Crippen molar-refractivity contribution in [3.63, 3.8) is 0 Å². The zero-order chi connectivity index (χ0) is 13.1. The highest BCUT2D eigenvalue weighted by Crippen LogP contribution is 2.43. The lowest BCUT2D eigenvalue weighted by atomic mass is 9.65. The van der Waals surface area contributed by atoms with E-state index < -0.39 is 0 Å². The highest BCUT2D eigenvalue weighted by Gasteiger charge is 2.42. The molecule has 0 amide bonds. The maximum absolute atomic E-state index is 9.63. The zero-order valence-corrected chi connectivity index (χ0v) is 12.3. The van der Waals surface area contributed by atoms with Crippen LogP contribution in [0.15, 0.2) is 17.5 Å². The smallest absolute Gasteiger partial charge is 0.0476 e. The van der Waals surface area contributed by atoms with Gasteiger partial charge in [-0.1, -0.05) is 6.07 Å². The summed E-state index contributed by atoms with van der Waals surface area (Å²) in [5, 5.41) is 15.2. The molecule has 3 rings (SSSR count). The van der Waals surface area contributed by atoms with Gasteiger partial charge in [-0.2, -0.15) is 0 Å². The van der Waals surface area contributed by atoms with Crippen LogP contribution in [0.25, 0.3) is 0 Å². The molecule has 19 heavy (non-hydrogen) atoms. The highest BCUT2D eigenvalue weighted by molar-refractivity contribution is 7.09. The van der Waals surface area contributed by atoms with E-state index in [0.29, 0.717) is 17.9 Å². The van der Waals surface area contributed by atoms with Crippen LogP contribution in [0.1, 0.15) is 24.1 Å². The molecule has 1 spiro atoms. The minimum Gasteiger partial charge on any atom is -0.396 e. The summed E-state index contributed by atoms with van der Waals surface area (Å²) in [6, 6.07) is 4.37. The number of aliphatic hydroxyl groups excluding tert-OH is 1. The fraction of sp³-hybridized carbons (Fsp3) is 0.733. The lowest BCUT2D eigenvalue weighted by Crippen LogP contribution is -2.52. The number of likely N-dealkylation sites (tertiary alicyclic amines) is 1. The van der Waals surface area contributed by atoms with E-state index in [9.17, 15) is 5.11 Å². The van der Waals surface area contributed by atoms with Crippen molar-refractivity contribution in [2.75, 3.05) is 32.8 Å². The summed E-state index contributed by atoms with van der Waals surface area (Å²) in [6.07, 6.45) is 3.75. The van der Waals surface area contributed by atoms with Crippen LogP contribution in [0.3, 0.4) is 0 Å². The van der Waals surface area contributed by atoms with Crippen LogP contribution in [-0.2, 0) is 6.54 Å². The quantitative estimate of drug-likeness (QED) is 0.888. The lowest BCUT2D eigenvalue weighted by molar-refractivity contribution is -0.00561. The van der Waals surface area contributed by atoms with Crippen molar-refractivity contribution in [1.29, 1.82) is 0 Å². The Kier molecular flexibility index (Phi) is 4.22. The summed E-state index contributed by atoms with van der Waals surface area (Å²) in [5.41, 5.74) is 0.409. The molecule has 1 atom stereocenters. The van der Waals surface area contributed by atoms with Gasteiger partial charge in [-0.15, -0.1) is 11.3 Å². The van der Waals surface area contributed by atoms with Crippen molar-refractivity contribution in [2.45, 2.75) is 25.8 Å². The van der Waals surface area contributed by atoms with Gasteiger partial charge in [-0.3, -0.25) is 4.90 Å². The third-order valence-electron chi connectivity index (χ3n) is 5.09. The van der Waals surface area contributed by atoms with Gasteiger partial charge in [0.05, 0.1) is 0 Å². The van der Waals surface area contributed by atoms with Crippen molar-refractivity contribution >= 4 is 11.3 Å². The van der Waals surface area contributed by atoms with E-state index >= 15 is 0 Å². The van der Waals surface area contributed by atoms with Crippen LogP contribution in [0.2, 0.25) is 0 Å². The predicted octanol–water partition coefficient (Wildman–Crippen LogP) is 1.93. The van der Waals surface area contributed by atoms with Gasteiger partial charge in [0.1, 0.15) is 0 Å². The van der Waals surface area contributed by atoms with Gasteiger partial charge < -0.3 is 10.4 Å². The average Bonchev–Trinajstić information content (AvgIpc) is 2.95. The molecule has 0 aromatic carbocycles. The predicted molar refractivity (Wildman–Crippen MR) is 79.3 cm³/mol. The Morgan fingerprint density at radius 2 is 2.21 bits per heavy atom. The number of hydrogen-bond donors (Lipinski definition) is 2. The van der Waals surface area contributed by atoms with Crippen LogP contribution in [0.5, 0.6) is 0 Å². The van der Waals surface area contributed by atoms with Gasteiger partial charge in [0, 0.05) is 30.5 Å². The minimum atomic E-state index is 0.345. The van der Waals surface area contributed by atoms with Gasteiger partial charge >= 0.3 is 0 Å². The van der Waals surface area contributed by atoms with Crippen molar-refractivity contribution in [3.05, 3.63) is 22.4 Å². The Morgan fingerprint density at radius 1 is 1.37 bits per heavy atom. The zero-order valence-electron chi connectivity index (χ0n) is 11.5. The Labute approximate surface area is 119 Å². The topological polar surface area (TPSA) is 35.5 Å². The summed E-state index contributed by atoms with van der Waals surface area (Å²) >= 11 is 1.86. The molecule has 0 radical (unpaired) electrons. The first-order valence-electron chi connectivity index (χ1n) is 7.39. The second-order valence-corrected chi connectivity index (χ2v) is 7.08. The molecule has 106 valence electrons. The molecule has 0 aliphatic carbocycles. The number of rotatable bonds is 3. The van der Waals surface area contributed by atoms with Gasteiger partial charge in [0.2, 0.25) is 0 Å². The van der Waals surface area contributed by atoms with Crippen LogP contribution in [0, 0.1) is 11.3 Å². The summed E-state index contributed by atoms with van der Waals surface area (Å²) < 4.78 is 0. The second kappa shape index (κ2) is 5.92. The third-order valence-corrected chi connectivity index (χ3v) is 5.95. The van der Waals surface area contributed by atoms with Crippen LogP contribution < -0.4 is 5.32 Å². The fourth-order valence-corrected chi connectivity index (χ4v) is 4.48. The van der Waals surface area contributed by atoms with Gasteiger partial charge in [-0.25, -0.2) is 0 Å². The van der Waals surface area contributed by atoms with E-state index in [1.54, 1.807) is 0 Å². The van der Waals surface area contributed by atoms with Crippen LogP contribution in [0.4, 0.5) is 0 Å². The van der Waals surface area contributed by atoms with Crippen molar-refractivity contribution in [2.24, 2.45) is 11.3 Å². The van der Waals surface area contributed by atoms with E-state index in [1.807, 2.05) is 11.3 Å².